The third-order valence-corrected chi connectivity index (χ3v) is 4.59. The lowest BCUT2D eigenvalue weighted by Gasteiger charge is -2.14. The lowest BCUT2D eigenvalue weighted by Crippen LogP contribution is -2.37. The Hall–Kier alpha value is -0.555. The maximum absolute atomic E-state index is 12.3. The van der Waals surface area contributed by atoms with Crippen molar-refractivity contribution in [3.8, 4) is 0 Å². The number of aryl methyl sites for hydroxylation is 2. The second kappa shape index (κ2) is 22.7. The Morgan fingerprint density at radius 3 is 1.79 bits per heavy atom. The Kier molecular flexibility index (Phi) is 28.3. The zero-order chi connectivity index (χ0) is 23.3. The number of nitrogens with one attached hydrogen (secondary N) is 1. The van der Waals surface area contributed by atoms with Crippen LogP contribution in [0.4, 0.5) is 8.78 Å². The highest BCUT2D eigenvalue weighted by Gasteiger charge is 2.22. The Morgan fingerprint density at radius 2 is 1.54 bits per heavy atom. The Balaban J connectivity index is -0.000000163. The quantitative estimate of drug-likeness (QED) is 0.472. The molecule has 0 spiro atoms. The molecule has 0 aliphatic rings. The Bertz CT molecular complexity index is 436. The molecule has 28 heavy (non-hydrogen) atoms. The topological polar surface area (TPSA) is 29.9 Å². The first-order valence-corrected chi connectivity index (χ1v) is 11.9. The van der Waals surface area contributed by atoms with E-state index >= 15 is 0 Å². The molecule has 0 radical (unpaired) electrons. The minimum Gasteiger partial charge on any atom is -0.342 e. The van der Waals surface area contributed by atoms with Crippen molar-refractivity contribution in [2.75, 3.05) is 12.3 Å². The number of halogens is 2. The second-order valence-corrected chi connectivity index (χ2v) is 7.04. The van der Waals surface area contributed by atoms with Crippen LogP contribution >= 0.6 is 11.6 Å². The lowest BCUT2D eigenvalue weighted by atomic mass is 9.97. The van der Waals surface area contributed by atoms with Crippen molar-refractivity contribution in [2.24, 2.45) is 7.05 Å². The molecule has 0 saturated carbocycles. The van der Waals surface area contributed by atoms with Crippen LogP contribution in [0, 0.1) is 13.8 Å². The largest absolute Gasteiger partial charge is 0.342 e. The normalized spacial score (nSPS) is 9.39. The van der Waals surface area contributed by atoms with Gasteiger partial charge in [0.05, 0.1) is 12.2 Å². The minimum atomic E-state index is -2.60. The van der Waals surface area contributed by atoms with Gasteiger partial charge in [-0.1, -0.05) is 62.2 Å². The Morgan fingerprint density at radius 1 is 1.07 bits per heavy atom. The molecule has 0 saturated heterocycles. The molecule has 7 heteroatoms. The first kappa shape index (κ1) is 34.9. The van der Waals surface area contributed by atoms with E-state index in [1.807, 2.05) is 60.1 Å². The standard InChI is InChI=1S/C8H14N2.C7H16BF2NS.3C2H6/c1-5-8-6(2)9-10(4)7(8)3;1-4-5-12-8(3)11-6-7(2,9)10;3*1-2/h5H2,1-4H3;11H,4-6H2,1-3H3;3*1-2H3. The van der Waals surface area contributed by atoms with Gasteiger partial charge in [-0.25, -0.2) is 8.78 Å². The first-order chi connectivity index (χ1) is 13.1. The zero-order valence-electron chi connectivity index (χ0n) is 21.0. The van der Waals surface area contributed by atoms with E-state index in [1.165, 1.54) is 17.0 Å². The van der Waals surface area contributed by atoms with E-state index in [0.717, 1.165) is 25.5 Å². The third-order valence-electron chi connectivity index (χ3n) is 3.28. The van der Waals surface area contributed by atoms with E-state index in [0.29, 0.717) is 0 Å². The second-order valence-electron chi connectivity index (χ2n) is 5.59. The maximum atomic E-state index is 12.3. The molecule has 1 rings (SSSR count). The fraction of sp³-hybridized carbons (Fsp3) is 0.857. The summed E-state index contributed by atoms with van der Waals surface area (Å²) in [6.45, 7) is 23.0. The highest BCUT2D eigenvalue weighted by molar-refractivity contribution is 8.25. The van der Waals surface area contributed by atoms with Crippen molar-refractivity contribution >= 4 is 17.7 Å². The van der Waals surface area contributed by atoms with E-state index in [4.69, 9.17) is 0 Å². The van der Waals surface area contributed by atoms with Crippen LogP contribution in [0.3, 0.4) is 0 Å². The number of nitrogens with zero attached hydrogens (tertiary/aromatic N) is 2. The maximum Gasteiger partial charge on any atom is 0.285 e. The van der Waals surface area contributed by atoms with Gasteiger partial charge in [-0.3, -0.25) is 4.68 Å². The highest BCUT2D eigenvalue weighted by Crippen LogP contribution is 2.12. The number of hydrogen-bond acceptors (Lipinski definition) is 3. The van der Waals surface area contributed by atoms with Gasteiger partial charge in [-0.2, -0.15) is 16.7 Å². The van der Waals surface area contributed by atoms with E-state index in [2.05, 4.69) is 38.0 Å². The van der Waals surface area contributed by atoms with Gasteiger partial charge in [0.15, 0.2) is 0 Å². The van der Waals surface area contributed by atoms with Crippen LogP contribution < -0.4 is 5.23 Å². The summed E-state index contributed by atoms with van der Waals surface area (Å²) in [4.78, 5) is 0. The van der Waals surface area contributed by atoms with Gasteiger partial charge >= 0.3 is 0 Å². The average Bonchev–Trinajstić information content (AvgIpc) is 2.94. The molecule has 1 N–H and O–H groups in total. The summed E-state index contributed by atoms with van der Waals surface area (Å²) in [5, 5.41) is 7.07. The van der Waals surface area contributed by atoms with Gasteiger partial charge in [0.1, 0.15) is 0 Å². The predicted molar refractivity (Wildman–Crippen MR) is 129 cm³/mol. The molecule has 0 atom stereocenters. The van der Waals surface area contributed by atoms with Crippen molar-refractivity contribution in [1.29, 1.82) is 0 Å². The van der Waals surface area contributed by atoms with E-state index in [1.54, 1.807) is 11.6 Å². The Labute approximate surface area is 179 Å². The van der Waals surface area contributed by atoms with Crippen LogP contribution in [0.25, 0.3) is 0 Å². The number of aromatic nitrogens is 2. The van der Waals surface area contributed by atoms with E-state index in [-0.39, 0.29) is 12.7 Å². The molecule has 3 nitrogen and oxygen atoms in total. The third kappa shape index (κ3) is 20.2. The molecular formula is C21H48BF2N3S. The molecule has 0 unspecified atom stereocenters. The van der Waals surface area contributed by atoms with E-state index < -0.39 is 5.92 Å². The smallest absolute Gasteiger partial charge is 0.285 e. The van der Waals surface area contributed by atoms with Crippen molar-refractivity contribution in [3.63, 3.8) is 0 Å². The first-order valence-electron chi connectivity index (χ1n) is 10.8. The fourth-order valence-corrected chi connectivity index (χ4v) is 2.80. The zero-order valence-corrected chi connectivity index (χ0v) is 21.8. The van der Waals surface area contributed by atoms with Crippen molar-refractivity contribution in [2.45, 2.75) is 102 Å². The van der Waals surface area contributed by atoms with Crippen molar-refractivity contribution in [3.05, 3.63) is 17.0 Å². The number of rotatable bonds is 7. The van der Waals surface area contributed by atoms with Crippen LogP contribution in [0.5, 0.6) is 0 Å². The van der Waals surface area contributed by atoms with Crippen molar-refractivity contribution < 1.29 is 8.78 Å². The summed E-state index contributed by atoms with van der Waals surface area (Å²) in [6.07, 6.45) is 2.29. The molecule has 1 aromatic rings. The monoisotopic (exact) mass is 423 g/mol. The predicted octanol–water partition coefficient (Wildman–Crippen LogP) is 7.17. The summed E-state index contributed by atoms with van der Waals surface area (Å²) >= 11 is 1.67. The highest BCUT2D eigenvalue weighted by atomic mass is 32.2. The van der Waals surface area contributed by atoms with Crippen LogP contribution in [-0.2, 0) is 13.5 Å². The molecular weight excluding hydrogens is 375 g/mol. The van der Waals surface area contributed by atoms with Gasteiger partial charge < -0.3 is 5.23 Å². The van der Waals surface area contributed by atoms with Gasteiger partial charge in [0.2, 0.25) is 0 Å². The summed E-state index contributed by atoms with van der Waals surface area (Å²) in [5.41, 5.74) is 3.85. The van der Waals surface area contributed by atoms with Gasteiger partial charge in [-0.15, -0.1) is 0 Å². The summed E-state index contributed by atoms with van der Waals surface area (Å²) in [6, 6.07) is 0. The molecule has 1 heterocycles. The van der Waals surface area contributed by atoms with Crippen LogP contribution in [0.1, 0.15) is 85.7 Å². The molecule has 0 aromatic carbocycles. The van der Waals surface area contributed by atoms with Gasteiger partial charge in [-0.05, 0) is 38.0 Å². The summed E-state index contributed by atoms with van der Waals surface area (Å²) in [7, 11) is 1.99. The fourth-order valence-electron chi connectivity index (χ4n) is 2.01. The molecule has 0 aliphatic carbocycles. The van der Waals surface area contributed by atoms with Gasteiger partial charge in [0.25, 0.3) is 12.0 Å². The number of alkyl halides is 2. The number of hydrogen-bond donors (Lipinski definition) is 1. The van der Waals surface area contributed by atoms with Crippen LogP contribution in [0.2, 0.25) is 6.82 Å². The molecule has 0 fully saturated rings. The molecule has 0 amide bonds. The average molecular weight is 424 g/mol. The van der Waals surface area contributed by atoms with Crippen LogP contribution in [-0.4, -0.2) is 34.1 Å². The molecule has 1 aromatic heterocycles. The van der Waals surface area contributed by atoms with Gasteiger partial charge in [0, 0.05) is 19.7 Å². The lowest BCUT2D eigenvalue weighted by molar-refractivity contribution is 0.0280. The SMILES string of the molecule is CC.CC.CC.CCCSB(C)NCC(C)(F)F.CCc1c(C)nn(C)c1C. The minimum absolute atomic E-state index is 0.121. The molecule has 170 valence electrons. The molecule has 0 bridgehead atoms. The molecule has 0 aliphatic heterocycles. The summed E-state index contributed by atoms with van der Waals surface area (Å²) < 4.78 is 26.6. The van der Waals surface area contributed by atoms with E-state index in [9.17, 15) is 8.78 Å². The van der Waals surface area contributed by atoms with Crippen LogP contribution in [0.15, 0.2) is 0 Å². The van der Waals surface area contributed by atoms with Crippen molar-refractivity contribution in [1.82, 2.24) is 15.0 Å². The summed E-state index contributed by atoms with van der Waals surface area (Å²) in [5.74, 6) is -1.58.